The molecule has 0 unspecified atom stereocenters. The Kier molecular flexibility index (Phi) is 6.59. The summed E-state index contributed by atoms with van der Waals surface area (Å²) >= 11 is 0. The largest absolute Gasteiger partial charge is 0.0622 e. The molecule has 0 atom stereocenters. The third-order valence-electron chi connectivity index (χ3n) is 5.90. The van der Waals surface area contributed by atoms with Crippen LogP contribution >= 0.6 is 0 Å². The quantitative estimate of drug-likeness (QED) is 0.234. The van der Waals surface area contributed by atoms with Gasteiger partial charge in [0, 0.05) is 0 Å². The van der Waals surface area contributed by atoms with Crippen LogP contribution in [0.25, 0.3) is 23.3 Å². The van der Waals surface area contributed by atoms with Crippen molar-refractivity contribution >= 4 is 23.3 Å². The van der Waals surface area contributed by atoms with Gasteiger partial charge in [0.2, 0.25) is 0 Å². The van der Waals surface area contributed by atoms with Gasteiger partial charge < -0.3 is 0 Å². The lowest BCUT2D eigenvalue weighted by Gasteiger charge is -2.17. The van der Waals surface area contributed by atoms with Gasteiger partial charge in [-0.25, -0.2) is 0 Å². The molecule has 0 saturated carbocycles. The van der Waals surface area contributed by atoms with Crippen LogP contribution in [-0.2, 0) is 0 Å². The number of hydrogen-bond donors (Lipinski definition) is 0. The molecule has 0 bridgehead atoms. The maximum Gasteiger partial charge on any atom is -0.00990 e. The van der Waals surface area contributed by atoms with Crippen molar-refractivity contribution < 1.29 is 0 Å². The fraction of sp³-hybridized carbons (Fsp3) is 0. The molecular weight excluding hydrogens is 408 g/mol. The maximum atomic E-state index is 2.29. The van der Waals surface area contributed by atoms with Gasteiger partial charge in [0.15, 0.2) is 0 Å². The summed E-state index contributed by atoms with van der Waals surface area (Å²) in [6.45, 7) is 0. The van der Waals surface area contributed by atoms with Crippen LogP contribution in [0, 0.1) is 0 Å². The molecule has 0 saturated heterocycles. The van der Waals surface area contributed by atoms with Crippen LogP contribution in [0.2, 0.25) is 0 Å². The van der Waals surface area contributed by atoms with Gasteiger partial charge in [0.1, 0.15) is 0 Å². The van der Waals surface area contributed by atoms with Gasteiger partial charge in [-0.3, -0.25) is 0 Å². The second-order valence-corrected chi connectivity index (χ2v) is 8.22. The van der Waals surface area contributed by atoms with Crippen LogP contribution in [0.3, 0.4) is 0 Å². The van der Waals surface area contributed by atoms with Gasteiger partial charge >= 0.3 is 0 Å². The molecule has 0 fully saturated rings. The lowest BCUT2D eigenvalue weighted by Crippen LogP contribution is -1.97. The minimum Gasteiger partial charge on any atom is -0.0622 e. The minimum absolute atomic E-state index is 1.18. The van der Waals surface area contributed by atoms with Crippen molar-refractivity contribution in [1.82, 2.24) is 0 Å². The highest BCUT2D eigenvalue weighted by Gasteiger charge is 2.15. The van der Waals surface area contributed by atoms with Gasteiger partial charge in [-0.1, -0.05) is 146 Å². The van der Waals surface area contributed by atoms with Crippen molar-refractivity contribution in [2.75, 3.05) is 0 Å². The molecule has 0 amide bonds. The molecule has 162 valence electrons. The van der Waals surface area contributed by atoms with E-state index in [4.69, 9.17) is 0 Å². The molecule has 0 nitrogen and oxygen atoms in total. The summed E-state index contributed by atoms with van der Waals surface area (Å²) in [5, 5.41) is 0. The molecule has 0 aliphatic heterocycles. The first-order valence-electron chi connectivity index (χ1n) is 11.6. The van der Waals surface area contributed by atoms with E-state index in [-0.39, 0.29) is 0 Å². The van der Waals surface area contributed by atoms with E-state index in [1.54, 1.807) is 0 Å². The first-order chi connectivity index (χ1) is 16.9. The molecule has 0 aromatic heterocycles. The van der Waals surface area contributed by atoms with Crippen molar-refractivity contribution in [1.29, 1.82) is 0 Å². The third-order valence-corrected chi connectivity index (χ3v) is 5.90. The van der Waals surface area contributed by atoms with E-state index in [2.05, 4.69) is 158 Å². The second kappa shape index (κ2) is 10.5. The summed E-state index contributed by atoms with van der Waals surface area (Å²) in [5.41, 5.74) is 9.60. The Hall–Kier alpha value is -4.42. The second-order valence-electron chi connectivity index (χ2n) is 8.22. The monoisotopic (exact) mass is 434 g/mol. The van der Waals surface area contributed by atoms with Crippen molar-refractivity contribution in [3.63, 3.8) is 0 Å². The summed E-state index contributed by atoms with van der Waals surface area (Å²) in [5.74, 6) is 0. The van der Waals surface area contributed by atoms with E-state index in [1.807, 2.05) is 0 Å². The van der Waals surface area contributed by atoms with E-state index < -0.39 is 0 Å². The SMILES string of the molecule is C(=C(\c1ccccc1)c1ccccc1/C(=C\c1ccccc1)c1ccccc1)/c1ccccc1. The normalized spacial score (nSPS) is 11.9. The van der Waals surface area contributed by atoms with Crippen molar-refractivity contribution in [2.45, 2.75) is 0 Å². The first-order valence-corrected chi connectivity index (χ1v) is 11.6. The molecule has 34 heavy (non-hydrogen) atoms. The Morgan fingerprint density at radius 1 is 0.324 bits per heavy atom. The lowest BCUT2D eigenvalue weighted by molar-refractivity contribution is 1.49. The number of benzene rings is 5. The molecule has 0 radical (unpaired) electrons. The zero-order chi connectivity index (χ0) is 23.0. The topological polar surface area (TPSA) is 0 Å². The molecule has 5 aromatic rings. The third kappa shape index (κ3) is 4.98. The number of rotatable bonds is 6. The van der Waals surface area contributed by atoms with E-state index in [0.717, 1.165) is 0 Å². The van der Waals surface area contributed by atoms with Crippen molar-refractivity contribution in [3.8, 4) is 0 Å². The maximum absolute atomic E-state index is 2.29. The van der Waals surface area contributed by atoms with E-state index >= 15 is 0 Å². The van der Waals surface area contributed by atoms with Crippen LogP contribution < -0.4 is 0 Å². The van der Waals surface area contributed by atoms with E-state index in [0.29, 0.717) is 0 Å². The molecule has 0 aliphatic rings. The van der Waals surface area contributed by atoms with Gasteiger partial charge in [0.25, 0.3) is 0 Å². The lowest BCUT2D eigenvalue weighted by atomic mass is 9.86. The standard InChI is InChI=1S/C34H26/c1-5-15-27(16-6-1)25-33(29-19-9-3-10-20-29)31-23-13-14-24-32(31)34(30-21-11-4-12-22-30)26-28-17-7-2-8-18-28/h1-26H/b33-25-,34-26-. The summed E-state index contributed by atoms with van der Waals surface area (Å²) in [4.78, 5) is 0. The molecular formula is C34H26. The Bertz CT molecular complexity index is 1280. The smallest absolute Gasteiger partial charge is 0.00990 e. The summed E-state index contributed by atoms with van der Waals surface area (Å²) < 4.78 is 0. The fourth-order valence-electron chi connectivity index (χ4n) is 4.25. The molecule has 0 N–H and O–H groups in total. The van der Waals surface area contributed by atoms with E-state index in [1.165, 1.54) is 44.5 Å². The summed E-state index contributed by atoms with van der Waals surface area (Å²) in [7, 11) is 0. The Morgan fingerprint density at radius 3 is 0.971 bits per heavy atom. The minimum atomic E-state index is 1.18. The van der Waals surface area contributed by atoms with Crippen LogP contribution in [0.1, 0.15) is 33.4 Å². The van der Waals surface area contributed by atoms with Gasteiger partial charge in [-0.15, -0.1) is 0 Å². The molecule has 5 rings (SSSR count). The Labute approximate surface area is 202 Å². The highest BCUT2D eigenvalue weighted by atomic mass is 14.2. The average Bonchev–Trinajstić information content (AvgIpc) is 2.93. The zero-order valence-electron chi connectivity index (χ0n) is 19.0. The first kappa shape index (κ1) is 21.4. The Balaban J connectivity index is 1.75. The predicted molar refractivity (Wildman–Crippen MR) is 146 cm³/mol. The van der Waals surface area contributed by atoms with Crippen LogP contribution in [0.5, 0.6) is 0 Å². The summed E-state index contributed by atoms with van der Waals surface area (Å²) in [6, 6.07) is 51.1. The molecule has 0 heterocycles. The van der Waals surface area contributed by atoms with Gasteiger partial charge in [-0.05, 0) is 56.7 Å². The van der Waals surface area contributed by atoms with Crippen LogP contribution in [0.15, 0.2) is 146 Å². The molecule has 0 spiro atoms. The average molecular weight is 435 g/mol. The van der Waals surface area contributed by atoms with Gasteiger partial charge in [-0.2, -0.15) is 0 Å². The van der Waals surface area contributed by atoms with E-state index in [9.17, 15) is 0 Å². The van der Waals surface area contributed by atoms with Crippen molar-refractivity contribution in [3.05, 3.63) is 179 Å². The van der Waals surface area contributed by atoms with Gasteiger partial charge in [0.05, 0.1) is 0 Å². The highest BCUT2D eigenvalue weighted by molar-refractivity contribution is 6.00. The van der Waals surface area contributed by atoms with Crippen LogP contribution in [-0.4, -0.2) is 0 Å². The zero-order valence-corrected chi connectivity index (χ0v) is 19.0. The molecule has 0 aliphatic carbocycles. The molecule has 5 aromatic carbocycles. The van der Waals surface area contributed by atoms with Crippen molar-refractivity contribution in [2.24, 2.45) is 0 Å². The van der Waals surface area contributed by atoms with Crippen LogP contribution in [0.4, 0.5) is 0 Å². The summed E-state index contributed by atoms with van der Waals surface area (Å²) in [6.07, 6.45) is 4.58. The Morgan fingerprint density at radius 2 is 0.618 bits per heavy atom. The fourth-order valence-corrected chi connectivity index (χ4v) is 4.25. The molecule has 0 heteroatoms. The highest BCUT2D eigenvalue weighted by Crippen LogP contribution is 2.35. The predicted octanol–water partition coefficient (Wildman–Crippen LogP) is 8.86. The number of hydrogen-bond acceptors (Lipinski definition) is 0.